The highest BCUT2D eigenvalue weighted by Gasteiger charge is 2.14. The van der Waals surface area contributed by atoms with Gasteiger partial charge in [-0.25, -0.2) is 19.3 Å². The summed E-state index contributed by atoms with van der Waals surface area (Å²) in [7, 11) is 0. The molecule has 29 heavy (non-hydrogen) atoms. The number of fused-ring (bicyclic) bond motifs is 2. The van der Waals surface area contributed by atoms with E-state index in [1.165, 1.54) is 30.2 Å². The second-order valence-electron chi connectivity index (χ2n) is 6.26. The van der Waals surface area contributed by atoms with Crippen LogP contribution in [0.25, 0.3) is 26.8 Å². The minimum absolute atomic E-state index is 0.179. The van der Waals surface area contributed by atoms with Gasteiger partial charge in [0.15, 0.2) is 0 Å². The van der Waals surface area contributed by atoms with E-state index in [1.54, 1.807) is 34.1 Å². The Kier molecular flexibility index (Phi) is 4.57. The van der Waals surface area contributed by atoms with Crippen LogP contribution in [0.1, 0.15) is 5.82 Å². The molecule has 0 amide bonds. The SMILES string of the molecule is O=c1c2ccccc2nc(CSc2ncnc3ccsc23)n1-c1ccc(F)cc1. The zero-order chi connectivity index (χ0) is 19.8. The normalized spacial score (nSPS) is 11.3. The molecule has 0 aliphatic rings. The van der Waals surface area contributed by atoms with E-state index in [9.17, 15) is 9.18 Å². The van der Waals surface area contributed by atoms with E-state index < -0.39 is 0 Å². The van der Waals surface area contributed by atoms with E-state index in [-0.39, 0.29) is 11.4 Å². The number of thioether (sulfide) groups is 1. The Morgan fingerprint density at radius 3 is 2.69 bits per heavy atom. The third-order valence-electron chi connectivity index (χ3n) is 4.48. The van der Waals surface area contributed by atoms with Crippen LogP contribution in [-0.4, -0.2) is 19.5 Å². The van der Waals surface area contributed by atoms with E-state index in [1.807, 2.05) is 29.6 Å². The van der Waals surface area contributed by atoms with Crippen LogP contribution in [0.4, 0.5) is 4.39 Å². The molecule has 5 nitrogen and oxygen atoms in total. The second-order valence-corrected chi connectivity index (χ2v) is 8.14. The first-order valence-corrected chi connectivity index (χ1v) is 10.6. The van der Waals surface area contributed by atoms with E-state index in [0.717, 1.165) is 15.2 Å². The molecule has 8 heteroatoms. The molecule has 0 fully saturated rings. The molecule has 0 aliphatic carbocycles. The number of nitrogens with zero attached hydrogens (tertiary/aromatic N) is 4. The monoisotopic (exact) mass is 420 g/mol. The average Bonchev–Trinajstić information content (AvgIpc) is 3.23. The van der Waals surface area contributed by atoms with Crippen molar-refractivity contribution >= 4 is 44.2 Å². The number of benzene rings is 2. The zero-order valence-electron chi connectivity index (χ0n) is 14.9. The van der Waals surface area contributed by atoms with Crippen LogP contribution >= 0.6 is 23.1 Å². The molecule has 142 valence electrons. The van der Waals surface area contributed by atoms with Gasteiger partial charge in [0.25, 0.3) is 5.56 Å². The number of thiophene rings is 1. The van der Waals surface area contributed by atoms with Crippen LogP contribution < -0.4 is 5.56 Å². The van der Waals surface area contributed by atoms with E-state index >= 15 is 0 Å². The molecule has 0 spiro atoms. The third-order valence-corrected chi connectivity index (χ3v) is 6.50. The molecule has 3 aromatic heterocycles. The molecule has 3 heterocycles. The Labute approximate surface area is 172 Å². The third kappa shape index (κ3) is 3.30. The fourth-order valence-corrected chi connectivity index (χ4v) is 5.00. The largest absolute Gasteiger partial charge is 0.268 e. The van der Waals surface area contributed by atoms with Crippen molar-refractivity contribution in [3.8, 4) is 5.69 Å². The van der Waals surface area contributed by atoms with Crippen molar-refractivity contribution in [3.05, 3.63) is 88.3 Å². The van der Waals surface area contributed by atoms with Crippen LogP contribution in [0.2, 0.25) is 0 Å². The number of hydrogen-bond donors (Lipinski definition) is 0. The summed E-state index contributed by atoms with van der Waals surface area (Å²) in [5.41, 5.74) is 1.93. The van der Waals surface area contributed by atoms with E-state index in [0.29, 0.717) is 28.2 Å². The summed E-state index contributed by atoms with van der Waals surface area (Å²) in [6.45, 7) is 0. The summed E-state index contributed by atoms with van der Waals surface area (Å²) in [5.74, 6) is 0.655. The van der Waals surface area contributed by atoms with Gasteiger partial charge >= 0.3 is 0 Å². The van der Waals surface area contributed by atoms with Gasteiger partial charge in [0, 0.05) is 0 Å². The van der Waals surface area contributed by atoms with Crippen molar-refractivity contribution < 1.29 is 4.39 Å². The standard InChI is InChI=1S/C21H13FN4OS2/c22-13-5-7-14(8-6-13)26-18(25-16-4-2-1-3-15(16)21(26)27)11-29-20-19-17(9-10-28-19)23-12-24-20/h1-10,12H,11H2. The molecular weight excluding hydrogens is 407 g/mol. The first-order chi connectivity index (χ1) is 14.2. The van der Waals surface area contributed by atoms with Crippen molar-refractivity contribution in [2.75, 3.05) is 0 Å². The Morgan fingerprint density at radius 1 is 1.00 bits per heavy atom. The Hall–Kier alpha value is -3.10. The van der Waals surface area contributed by atoms with Gasteiger partial charge in [-0.15, -0.1) is 11.3 Å². The lowest BCUT2D eigenvalue weighted by molar-refractivity contribution is 0.627. The highest BCUT2D eigenvalue weighted by molar-refractivity contribution is 7.98. The lowest BCUT2D eigenvalue weighted by Crippen LogP contribution is -2.23. The van der Waals surface area contributed by atoms with Crippen LogP contribution in [0.15, 0.2) is 76.1 Å². The van der Waals surface area contributed by atoms with Crippen molar-refractivity contribution in [2.24, 2.45) is 0 Å². The maximum absolute atomic E-state index is 13.4. The summed E-state index contributed by atoms with van der Waals surface area (Å²) in [6.07, 6.45) is 1.54. The number of para-hydroxylation sites is 1. The van der Waals surface area contributed by atoms with Gasteiger partial charge in [0.2, 0.25) is 0 Å². The fourth-order valence-electron chi connectivity index (χ4n) is 3.13. The second kappa shape index (κ2) is 7.38. The molecule has 5 aromatic rings. The van der Waals surface area contributed by atoms with Gasteiger partial charge < -0.3 is 0 Å². The average molecular weight is 420 g/mol. The molecule has 2 aromatic carbocycles. The minimum atomic E-state index is -0.354. The van der Waals surface area contributed by atoms with Crippen molar-refractivity contribution in [2.45, 2.75) is 10.8 Å². The van der Waals surface area contributed by atoms with Crippen molar-refractivity contribution in [1.29, 1.82) is 0 Å². The zero-order valence-corrected chi connectivity index (χ0v) is 16.6. The van der Waals surface area contributed by atoms with Crippen LogP contribution in [0, 0.1) is 5.82 Å². The molecule has 0 unspecified atom stereocenters. The summed E-state index contributed by atoms with van der Waals surface area (Å²) >= 11 is 3.08. The van der Waals surface area contributed by atoms with Gasteiger partial charge in [-0.2, -0.15) is 0 Å². The van der Waals surface area contributed by atoms with Gasteiger partial charge in [-0.05, 0) is 47.8 Å². The molecule has 0 saturated carbocycles. The number of rotatable bonds is 4. The first kappa shape index (κ1) is 18.0. The summed E-state index contributed by atoms with van der Waals surface area (Å²) in [5, 5.41) is 3.35. The molecule has 0 radical (unpaired) electrons. The van der Waals surface area contributed by atoms with Crippen molar-refractivity contribution in [3.63, 3.8) is 0 Å². The van der Waals surface area contributed by atoms with Crippen molar-refractivity contribution in [1.82, 2.24) is 19.5 Å². The van der Waals surface area contributed by atoms with Gasteiger partial charge in [0.1, 0.15) is 23.0 Å². The molecule has 5 rings (SSSR count). The van der Waals surface area contributed by atoms with Gasteiger partial charge in [-0.1, -0.05) is 23.9 Å². The number of hydrogen-bond acceptors (Lipinski definition) is 6. The molecule has 0 bridgehead atoms. The predicted octanol–water partition coefficient (Wildman–Crippen LogP) is 4.82. The summed E-state index contributed by atoms with van der Waals surface area (Å²) in [4.78, 5) is 26.6. The molecule has 0 atom stereocenters. The quantitative estimate of drug-likeness (QED) is 0.308. The first-order valence-electron chi connectivity index (χ1n) is 8.78. The van der Waals surface area contributed by atoms with Gasteiger partial charge in [-0.3, -0.25) is 9.36 Å². The Bertz CT molecular complexity index is 1400. The Morgan fingerprint density at radius 2 is 1.83 bits per heavy atom. The maximum atomic E-state index is 13.4. The summed E-state index contributed by atoms with van der Waals surface area (Å²) < 4.78 is 16.0. The molecule has 0 saturated heterocycles. The number of halogens is 1. The minimum Gasteiger partial charge on any atom is -0.268 e. The fraction of sp³-hybridized carbons (Fsp3) is 0.0476. The highest BCUT2D eigenvalue weighted by atomic mass is 32.2. The highest BCUT2D eigenvalue weighted by Crippen LogP contribution is 2.30. The van der Waals surface area contributed by atoms with Gasteiger partial charge in [0.05, 0.1) is 32.6 Å². The van der Waals surface area contributed by atoms with E-state index in [4.69, 9.17) is 4.98 Å². The molecule has 0 N–H and O–H groups in total. The predicted molar refractivity (Wildman–Crippen MR) is 114 cm³/mol. The maximum Gasteiger partial charge on any atom is 0.265 e. The lowest BCUT2D eigenvalue weighted by Gasteiger charge is -2.13. The molecule has 0 aliphatic heterocycles. The topological polar surface area (TPSA) is 60.7 Å². The lowest BCUT2D eigenvalue weighted by atomic mass is 10.2. The van der Waals surface area contributed by atoms with E-state index in [2.05, 4.69) is 9.97 Å². The Balaban J connectivity index is 1.63. The smallest absolute Gasteiger partial charge is 0.265 e. The number of aromatic nitrogens is 4. The summed E-state index contributed by atoms with van der Waals surface area (Å²) in [6, 6.07) is 15.0. The van der Waals surface area contributed by atoms with Crippen LogP contribution in [0.3, 0.4) is 0 Å². The van der Waals surface area contributed by atoms with Crippen LogP contribution in [0.5, 0.6) is 0 Å². The van der Waals surface area contributed by atoms with Crippen LogP contribution in [-0.2, 0) is 5.75 Å². The molecular formula is C21H13FN4OS2.